The van der Waals surface area contributed by atoms with Crippen molar-refractivity contribution in [1.29, 1.82) is 0 Å². The number of amides is 1. The summed E-state index contributed by atoms with van der Waals surface area (Å²) >= 11 is 0. The molecule has 1 fully saturated rings. The summed E-state index contributed by atoms with van der Waals surface area (Å²) in [4.78, 5) is 29.5. The fraction of sp³-hybridized carbons (Fsp3) is 0.444. The van der Waals surface area contributed by atoms with Gasteiger partial charge in [0.1, 0.15) is 22.7 Å². The van der Waals surface area contributed by atoms with E-state index in [-0.39, 0.29) is 16.6 Å². The molecule has 1 spiro atoms. The van der Waals surface area contributed by atoms with E-state index in [1.807, 2.05) is 11.9 Å². The van der Waals surface area contributed by atoms with E-state index in [0.29, 0.717) is 16.9 Å². The van der Waals surface area contributed by atoms with Crippen molar-refractivity contribution in [3.63, 3.8) is 0 Å². The zero-order valence-electron chi connectivity index (χ0n) is 14.3. The first-order valence-corrected chi connectivity index (χ1v) is 8.60. The van der Waals surface area contributed by atoms with Crippen LogP contribution >= 0.6 is 0 Å². The van der Waals surface area contributed by atoms with E-state index in [4.69, 9.17) is 0 Å². The number of pyridine rings is 1. The number of aromatic amines is 1. The molecule has 7 heteroatoms. The lowest BCUT2D eigenvalue weighted by Crippen LogP contribution is -2.50. The summed E-state index contributed by atoms with van der Waals surface area (Å²) in [5.41, 5.74) is 0.851. The summed E-state index contributed by atoms with van der Waals surface area (Å²) < 4.78 is 14.9. The topological polar surface area (TPSA) is 77.2 Å². The number of halogens is 1. The van der Waals surface area contributed by atoms with E-state index >= 15 is 0 Å². The first kappa shape index (κ1) is 15.9. The van der Waals surface area contributed by atoms with Crippen molar-refractivity contribution < 1.29 is 9.18 Å². The van der Waals surface area contributed by atoms with Gasteiger partial charge in [-0.1, -0.05) is 6.42 Å². The Morgan fingerprint density at radius 3 is 2.72 bits per heavy atom. The fourth-order valence-electron chi connectivity index (χ4n) is 4.20. The van der Waals surface area contributed by atoms with Crippen LogP contribution < -0.4 is 21.0 Å². The Morgan fingerprint density at radius 1 is 1.32 bits per heavy atom. The highest BCUT2D eigenvalue weighted by Gasteiger charge is 2.44. The maximum Gasteiger partial charge on any atom is 0.256 e. The molecule has 6 nitrogen and oxygen atoms in total. The zero-order chi connectivity index (χ0) is 17.8. The van der Waals surface area contributed by atoms with Crippen LogP contribution in [0.15, 0.2) is 17.1 Å². The zero-order valence-corrected chi connectivity index (χ0v) is 14.3. The molecule has 0 bridgehead atoms. The van der Waals surface area contributed by atoms with Gasteiger partial charge in [-0.3, -0.25) is 9.59 Å². The van der Waals surface area contributed by atoms with Crippen molar-refractivity contribution >= 4 is 28.2 Å². The number of hydrogen-bond acceptors (Lipinski definition) is 4. The Morgan fingerprint density at radius 2 is 2.04 bits per heavy atom. The normalized spacial score (nSPS) is 18.3. The van der Waals surface area contributed by atoms with E-state index in [1.54, 1.807) is 0 Å². The van der Waals surface area contributed by atoms with Crippen LogP contribution in [0, 0.1) is 5.82 Å². The van der Waals surface area contributed by atoms with E-state index in [1.165, 1.54) is 25.7 Å². The molecule has 25 heavy (non-hydrogen) atoms. The molecule has 0 radical (unpaired) electrons. The summed E-state index contributed by atoms with van der Waals surface area (Å²) in [5.74, 6) is -0.933. The highest BCUT2D eigenvalue weighted by molar-refractivity contribution is 6.03. The molecule has 3 N–H and O–H groups in total. The molecule has 2 heterocycles. The van der Waals surface area contributed by atoms with E-state index in [0.717, 1.165) is 25.7 Å². The number of hydrogen-bond donors (Lipinski definition) is 3. The van der Waals surface area contributed by atoms with Crippen LogP contribution in [0.4, 0.5) is 15.8 Å². The molecule has 1 aromatic heterocycles. The fourth-order valence-corrected chi connectivity index (χ4v) is 4.20. The van der Waals surface area contributed by atoms with Gasteiger partial charge in [0.25, 0.3) is 5.91 Å². The Balaban J connectivity index is 1.93. The van der Waals surface area contributed by atoms with Gasteiger partial charge in [-0.15, -0.1) is 0 Å². The lowest BCUT2D eigenvalue weighted by atomic mass is 9.88. The molecule has 132 valence electrons. The van der Waals surface area contributed by atoms with Crippen LogP contribution in [-0.2, 0) is 0 Å². The van der Waals surface area contributed by atoms with Gasteiger partial charge in [0, 0.05) is 20.3 Å². The van der Waals surface area contributed by atoms with Gasteiger partial charge in [0.2, 0.25) is 5.43 Å². The minimum absolute atomic E-state index is 0.0203. The lowest BCUT2D eigenvalue weighted by molar-refractivity contribution is 0.0962. The molecule has 0 atom stereocenters. The summed E-state index contributed by atoms with van der Waals surface area (Å²) in [6.07, 6.45) is 6.61. The van der Waals surface area contributed by atoms with Gasteiger partial charge in [0.15, 0.2) is 0 Å². The number of benzene rings is 1. The number of nitrogens with zero attached hydrogens (tertiary/aromatic N) is 1. The Kier molecular flexibility index (Phi) is 3.49. The second kappa shape index (κ2) is 5.47. The Hall–Kier alpha value is -2.57. The number of H-pyrrole nitrogens is 1. The van der Waals surface area contributed by atoms with Crippen LogP contribution in [0.5, 0.6) is 0 Å². The summed E-state index contributed by atoms with van der Waals surface area (Å²) in [6, 6.07) is 1.24. The standard InChI is InChI=1S/C18H21FN4O2/c1-20-17(25)11-9-21-13-10(16(11)24)8-12(19)15-14(13)22-18(23(15)2)6-4-3-5-7-18/h8-9,22H,3-7H2,1-2H3,(H,20,25)(H,21,24). The third-order valence-corrected chi connectivity index (χ3v) is 5.59. The largest absolute Gasteiger partial charge is 0.359 e. The maximum atomic E-state index is 14.9. The minimum Gasteiger partial charge on any atom is -0.359 e. The van der Waals surface area contributed by atoms with Crippen molar-refractivity contribution in [2.45, 2.75) is 37.8 Å². The second-order valence-corrected chi connectivity index (χ2v) is 6.89. The average molecular weight is 344 g/mol. The molecular formula is C18H21FN4O2. The number of fused-ring (bicyclic) bond motifs is 3. The van der Waals surface area contributed by atoms with E-state index in [2.05, 4.69) is 15.6 Å². The van der Waals surface area contributed by atoms with E-state index < -0.39 is 17.2 Å². The van der Waals surface area contributed by atoms with Crippen LogP contribution in [0.3, 0.4) is 0 Å². The van der Waals surface area contributed by atoms with Crippen LogP contribution in [0.2, 0.25) is 0 Å². The summed E-state index contributed by atoms with van der Waals surface area (Å²) in [7, 11) is 3.36. The van der Waals surface area contributed by atoms with Gasteiger partial charge in [-0.25, -0.2) is 4.39 Å². The molecule has 4 rings (SSSR count). The number of anilines is 2. The molecular weight excluding hydrogens is 323 g/mol. The van der Waals surface area contributed by atoms with Gasteiger partial charge in [-0.05, 0) is 31.7 Å². The second-order valence-electron chi connectivity index (χ2n) is 6.89. The molecule has 1 saturated carbocycles. The lowest BCUT2D eigenvalue weighted by Gasteiger charge is -2.40. The Bertz CT molecular complexity index is 931. The average Bonchev–Trinajstić information content (AvgIpc) is 2.89. The number of nitrogens with one attached hydrogen (secondary N) is 3. The highest BCUT2D eigenvalue weighted by Crippen LogP contribution is 2.48. The third kappa shape index (κ3) is 2.14. The predicted molar refractivity (Wildman–Crippen MR) is 95.8 cm³/mol. The maximum absolute atomic E-state index is 14.9. The first-order chi connectivity index (χ1) is 12.0. The van der Waals surface area contributed by atoms with Crippen molar-refractivity contribution in [2.75, 3.05) is 24.3 Å². The van der Waals surface area contributed by atoms with Crippen LogP contribution in [0.1, 0.15) is 42.5 Å². The SMILES string of the molecule is CNC(=O)c1c[nH]c2c3c(c(F)cc2c1=O)N(C)C1(CCCCC1)N3. The van der Waals surface area contributed by atoms with Crippen LogP contribution in [-0.4, -0.2) is 30.6 Å². The molecule has 0 unspecified atom stereocenters. The molecule has 1 aromatic carbocycles. The van der Waals surface area contributed by atoms with Gasteiger partial charge < -0.3 is 20.5 Å². The van der Waals surface area contributed by atoms with Crippen molar-refractivity contribution in [2.24, 2.45) is 0 Å². The quantitative estimate of drug-likeness (QED) is 0.743. The highest BCUT2D eigenvalue weighted by atomic mass is 19.1. The number of carbonyl (C=O) groups is 1. The third-order valence-electron chi connectivity index (χ3n) is 5.59. The molecule has 0 saturated heterocycles. The first-order valence-electron chi connectivity index (χ1n) is 8.60. The monoisotopic (exact) mass is 344 g/mol. The Labute approximate surface area is 144 Å². The number of rotatable bonds is 1. The van der Waals surface area contributed by atoms with Gasteiger partial charge in [0.05, 0.1) is 16.6 Å². The van der Waals surface area contributed by atoms with Crippen molar-refractivity contribution in [3.05, 3.63) is 33.9 Å². The molecule has 1 aliphatic heterocycles. The summed E-state index contributed by atoms with van der Waals surface area (Å²) in [5, 5.41) is 6.11. The van der Waals surface area contributed by atoms with Gasteiger partial charge >= 0.3 is 0 Å². The van der Waals surface area contributed by atoms with E-state index in [9.17, 15) is 14.0 Å². The van der Waals surface area contributed by atoms with Crippen molar-refractivity contribution in [3.8, 4) is 0 Å². The molecule has 2 aliphatic rings. The van der Waals surface area contributed by atoms with Crippen molar-refractivity contribution in [1.82, 2.24) is 10.3 Å². The number of carbonyl (C=O) groups excluding carboxylic acids is 1. The van der Waals surface area contributed by atoms with Gasteiger partial charge in [-0.2, -0.15) is 0 Å². The van der Waals surface area contributed by atoms with Crippen LogP contribution in [0.25, 0.3) is 10.9 Å². The molecule has 1 aliphatic carbocycles. The predicted octanol–water partition coefficient (Wildman–Crippen LogP) is 2.55. The minimum atomic E-state index is -0.488. The molecule has 2 aromatic rings. The smallest absolute Gasteiger partial charge is 0.256 e. The number of aromatic nitrogens is 1. The molecule has 1 amide bonds. The summed E-state index contributed by atoms with van der Waals surface area (Å²) in [6.45, 7) is 0.